The summed E-state index contributed by atoms with van der Waals surface area (Å²) in [5.41, 5.74) is 2.41. The molecule has 29 heavy (non-hydrogen) atoms. The van der Waals surface area contributed by atoms with E-state index in [1.165, 1.54) is 5.69 Å². The van der Waals surface area contributed by atoms with Crippen LogP contribution < -0.4 is 20.4 Å². The molecule has 1 aromatic carbocycles. The van der Waals surface area contributed by atoms with Crippen LogP contribution in [0.1, 0.15) is 32.8 Å². The Balaban J connectivity index is 1.57. The van der Waals surface area contributed by atoms with Crippen LogP contribution in [0, 0.1) is 0 Å². The molecule has 0 amide bonds. The summed E-state index contributed by atoms with van der Waals surface area (Å²) in [6.45, 7) is 11.9. The van der Waals surface area contributed by atoms with Gasteiger partial charge >= 0.3 is 0 Å². The van der Waals surface area contributed by atoms with Crippen molar-refractivity contribution in [3.05, 3.63) is 54.2 Å². The highest BCUT2D eigenvalue weighted by molar-refractivity contribution is 5.80. The molecule has 1 fully saturated rings. The highest BCUT2D eigenvalue weighted by Crippen LogP contribution is 2.19. The quantitative estimate of drug-likeness (QED) is 0.532. The second-order valence-electron chi connectivity index (χ2n) is 7.30. The Bertz CT molecular complexity index is 755. The van der Waals surface area contributed by atoms with Gasteiger partial charge in [0.25, 0.3) is 0 Å². The standard InChI is InChI=1S/C23H34N6/c1-4-24-23(26-17-19-12-13-22(25-16-19)28(5-2)6-3)27-20-14-15-29(18-20)21-10-8-7-9-11-21/h7-13,16,20H,4-6,14-15,17-18H2,1-3H3,(H2,24,26,27). The molecule has 2 heterocycles. The SMILES string of the molecule is CCNC(=NCc1ccc(N(CC)CC)nc1)NC1CCN(c2ccccc2)C1. The molecule has 1 atom stereocenters. The Hall–Kier alpha value is -2.76. The van der Waals surface area contributed by atoms with Crippen molar-refractivity contribution >= 4 is 17.5 Å². The number of anilines is 2. The minimum Gasteiger partial charge on any atom is -0.369 e. The molecule has 1 saturated heterocycles. The van der Waals surface area contributed by atoms with Gasteiger partial charge in [-0.1, -0.05) is 24.3 Å². The summed E-state index contributed by atoms with van der Waals surface area (Å²) in [5.74, 6) is 1.90. The largest absolute Gasteiger partial charge is 0.369 e. The number of rotatable bonds is 8. The molecule has 2 N–H and O–H groups in total. The minimum atomic E-state index is 0.399. The lowest BCUT2D eigenvalue weighted by atomic mass is 10.2. The van der Waals surface area contributed by atoms with Gasteiger partial charge in [-0.25, -0.2) is 9.98 Å². The Morgan fingerprint density at radius 1 is 1.14 bits per heavy atom. The highest BCUT2D eigenvalue weighted by Gasteiger charge is 2.23. The number of para-hydroxylation sites is 1. The molecule has 0 spiro atoms. The van der Waals surface area contributed by atoms with Gasteiger partial charge in [0.1, 0.15) is 5.82 Å². The molecule has 0 radical (unpaired) electrons. The van der Waals surface area contributed by atoms with Crippen molar-refractivity contribution in [2.45, 2.75) is 39.8 Å². The summed E-state index contributed by atoms with van der Waals surface area (Å²) in [5, 5.41) is 6.98. The first kappa shape index (κ1) is 21.0. The number of aromatic nitrogens is 1. The fourth-order valence-electron chi connectivity index (χ4n) is 3.68. The zero-order valence-corrected chi connectivity index (χ0v) is 17.9. The zero-order chi connectivity index (χ0) is 20.5. The molecule has 0 aliphatic carbocycles. The second-order valence-corrected chi connectivity index (χ2v) is 7.30. The topological polar surface area (TPSA) is 55.8 Å². The first-order chi connectivity index (χ1) is 14.2. The van der Waals surface area contributed by atoms with Gasteiger partial charge in [0.2, 0.25) is 0 Å². The maximum absolute atomic E-state index is 4.78. The van der Waals surface area contributed by atoms with E-state index in [9.17, 15) is 0 Å². The van der Waals surface area contributed by atoms with Crippen LogP contribution in [-0.2, 0) is 6.54 Å². The van der Waals surface area contributed by atoms with E-state index >= 15 is 0 Å². The van der Waals surface area contributed by atoms with Crippen LogP contribution in [0.3, 0.4) is 0 Å². The summed E-state index contributed by atoms with van der Waals surface area (Å²) < 4.78 is 0. The average molecular weight is 395 g/mol. The van der Waals surface area contributed by atoms with Gasteiger partial charge in [0.15, 0.2) is 5.96 Å². The molecular formula is C23H34N6. The van der Waals surface area contributed by atoms with Crippen molar-refractivity contribution in [3.63, 3.8) is 0 Å². The molecule has 156 valence electrons. The Labute approximate surface area is 175 Å². The first-order valence-electron chi connectivity index (χ1n) is 10.8. The summed E-state index contributed by atoms with van der Waals surface area (Å²) in [6.07, 6.45) is 3.05. The number of benzene rings is 1. The van der Waals surface area contributed by atoms with Crippen LogP contribution in [-0.4, -0.2) is 49.7 Å². The van der Waals surface area contributed by atoms with Gasteiger partial charge in [-0.3, -0.25) is 0 Å². The third-order valence-corrected chi connectivity index (χ3v) is 5.31. The van der Waals surface area contributed by atoms with Gasteiger partial charge in [-0.2, -0.15) is 0 Å². The maximum Gasteiger partial charge on any atom is 0.191 e. The van der Waals surface area contributed by atoms with Gasteiger partial charge in [0.05, 0.1) is 6.54 Å². The molecule has 0 saturated carbocycles. The van der Waals surface area contributed by atoms with Gasteiger partial charge in [0, 0.05) is 50.6 Å². The molecule has 1 aromatic heterocycles. The van der Waals surface area contributed by atoms with Crippen molar-refractivity contribution in [3.8, 4) is 0 Å². The number of hydrogen-bond donors (Lipinski definition) is 2. The van der Waals surface area contributed by atoms with E-state index in [0.29, 0.717) is 12.6 Å². The number of guanidine groups is 1. The fraction of sp³-hybridized carbons (Fsp3) is 0.478. The fourth-order valence-corrected chi connectivity index (χ4v) is 3.68. The van der Waals surface area contributed by atoms with Crippen molar-refractivity contribution in [2.75, 3.05) is 42.5 Å². The van der Waals surface area contributed by atoms with Gasteiger partial charge in [-0.05, 0) is 51.0 Å². The van der Waals surface area contributed by atoms with E-state index in [2.05, 4.69) is 88.7 Å². The summed E-state index contributed by atoms with van der Waals surface area (Å²) >= 11 is 0. The monoisotopic (exact) mass is 394 g/mol. The predicted octanol–water partition coefficient (Wildman–Crippen LogP) is 3.26. The molecule has 0 bridgehead atoms. The predicted molar refractivity (Wildman–Crippen MR) is 123 cm³/mol. The first-order valence-corrected chi connectivity index (χ1v) is 10.8. The lowest BCUT2D eigenvalue weighted by Gasteiger charge is -2.20. The van der Waals surface area contributed by atoms with E-state index in [-0.39, 0.29) is 0 Å². The van der Waals surface area contributed by atoms with Crippen molar-refractivity contribution in [1.82, 2.24) is 15.6 Å². The Morgan fingerprint density at radius 2 is 1.93 bits per heavy atom. The maximum atomic E-state index is 4.78. The summed E-state index contributed by atoms with van der Waals surface area (Å²) in [4.78, 5) is 14.1. The van der Waals surface area contributed by atoms with E-state index in [4.69, 9.17) is 4.99 Å². The van der Waals surface area contributed by atoms with Crippen molar-refractivity contribution < 1.29 is 0 Å². The third-order valence-electron chi connectivity index (χ3n) is 5.31. The number of nitrogens with one attached hydrogen (secondary N) is 2. The summed E-state index contributed by atoms with van der Waals surface area (Å²) in [6, 6.07) is 15.2. The molecule has 2 aromatic rings. The van der Waals surface area contributed by atoms with Crippen LogP contribution in [0.4, 0.5) is 11.5 Å². The molecule has 6 heteroatoms. The molecule has 1 unspecified atom stereocenters. The minimum absolute atomic E-state index is 0.399. The lowest BCUT2D eigenvalue weighted by molar-refractivity contribution is 0.649. The van der Waals surface area contributed by atoms with Crippen LogP contribution in [0.15, 0.2) is 53.7 Å². The number of pyridine rings is 1. The Morgan fingerprint density at radius 3 is 2.59 bits per heavy atom. The van der Waals surface area contributed by atoms with Gasteiger partial charge in [-0.15, -0.1) is 0 Å². The molecule has 6 nitrogen and oxygen atoms in total. The molecule has 3 rings (SSSR count). The van der Waals surface area contributed by atoms with E-state index in [0.717, 1.165) is 56.5 Å². The van der Waals surface area contributed by atoms with Crippen LogP contribution in [0.2, 0.25) is 0 Å². The zero-order valence-electron chi connectivity index (χ0n) is 17.9. The van der Waals surface area contributed by atoms with Crippen molar-refractivity contribution in [2.24, 2.45) is 4.99 Å². The molecule has 1 aliphatic heterocycles. The van der Waals surface area contributed by atoms with E-state index in [1.54, 1.807) is 0 Å². The number of hydrogen-bond acceptors (Lipinski definition) is 4. The summed E-state index contributed by atoms with van der Waals surface area (Å²) in [7, 11) is 0. The van der Waals surface area contributed by atoms with Crippen LogP contribution >= 0.6 is 0 Å². The average Bonchev–Trinajstić information content (AvgIpc) is 3.23. The highest BCUT2D eigenvalue weighted by atomic mass is 15.2. The molecular weight excluding hydrogens is 360 g/mol. The van der Waals surface area contributed by atoms with Crippen LogP contribution in [0.5, 0.6) is 0 Å². The van der Waals surface area contributed by atoms with Crippen LogP contribution in [0.25, 0.3) is 0 Å². The number of aliphatic imine (C=N–C) groups is 1. The second kappa shape index (κ2) is 10.7. The molecule has 1 aliphatic rings. The van der Waals surface area contributed by atoms with Crippen molar-refractivity contribution in [1.29, 1.82) is 0 Å². The van der Waals surface area contributed by atoms with E-state index < -0.39 is 0 Å². The normalized spacial score (nSPS) is 16.7. The smallest absolute Gasteiger partial charge is 0.191 e. The van der Waals surface area contributed by atoms with Gasteiger partial charge < -0.3 is 20.4 Å². The Kier molecular flexibility index (Phi) is 7.73. The number of nitrogens with zero attached hydrogens (tertiary/aromatic N) is 4. The van der Waals surface area contributed by atoms with E-state index in [1.807, 2.05) is 6.20 Å². The lowest BCUT2D eigenvalue weighted by Crippen LogP contribution is -2.44. The third kappa shape index (κ3) is 5.86.